The van der Waals surface area contributed by atoms with Crippen LogP contribution < -0.4 is 0 Å². The number of rotatable bonds is 8. The average molecular weight is 364 g/mol. The van der Waals surface area contributed by atoms with Gasteiger partial charge in [-0.25, -0.2) is 0 Å². The molecule has 0 nitrogen and oxygen atoms in total. The van der Waals surface area contributed by atoms with Gasteiger partial charge in [-0.2, -0.15) is 8.78 Å². The lowest BCUT2D eigenvalue weighted by Crippen LogP contribution is -1.87. The van der Waals surface area contributed by atoms with Gasteiger partial charge in [-0.1, -0.05) is 81.1 Å². The third-order valence-electron chi connectivity index (χ3n) is 5.00. The highest BCUT2D eigenvalue weighted by Crippen LogP contribution is 2.26. The number of unbranched alkanes of at least 4 members (excludes halogenated alkanes) is 4. The Balaban J connectivity index is 1.70. The Morgan fingerprint density at radius 2 is 1.41 bits per heavy atom. The van der Waals surface area contributed by atoms with E-state index in [4.69, 9.17) is 0 Å². The van der Waals surface area contributed by atoms with Crippen LogP contribution in [0.2, 0.25) is 0 Å². The van der Waals surface area contributed by atoms with Gasteiger partial charge >= 0.3 is 0 Å². The smallest absolute Gasteiger partial charge is 0.173 e. The molecule has 0 saturated heterocycles. The van der Waals surface area contributed by atoms with Crippen molar-refractivity contribution in [2.75, 3.05) is 0 Å². The van der Waals surface area contributed by atoms with E-state index in [1.54, 1.807) is 12.1 Å². The molecule has 140 valence electrons. The van der Waals surface area contributed by atoms with Crippen molar-refractivity contribution in [2.45, 2.75) is 45.4 Å². The molecule has 0 spiro atoms. The molecule has 0 radical (unpaired) electrons. The molecule has 0 unspecified atom stereocenters. The molecule has 0 aliphatic carbocycles. The molecule has 0 atom stereocenters. The van der Waals surface area contributed by atoms with Gasteiger partial charge in [0.25, 0.3) is 6.08 Å². The Hall–Kier alpha value is -2.48. The van der Waals surface area contributed by atoms with Gasteiger partial charge in [-0.3, -0.25) is 0 Å². The van der Waals surface area contributed by atoms with E-state index in [9.17, 15) is 8.78 Å². The Morgan fingerprint density at radius 1 is 0.741 bits per heavy atom. The summed E-state index contributed by atoms with van der Waals surface area (Å²) in [6.07, 6.45) is 6.89. The zero-order valence-corrected chi connectivity index (χ0v) is 15.8. The summed E-state index contributed by atoms with van der Waals surface area (Å²) in [6, 6.07) is 20.4. The van der Waals surface area contributed by atoms with Crippen LogP contribution in [0.25, 0.3) is 28.0 Å². The van der Waals surface area contributed by atoms with Crippen LogP contribution in [0.15, 0.2) is 66.7 Å². The molecule has 3 rings (SSSR count). The first-order chi connectivity index (χ1) is 13.2. The predicted octanol–water partition coefficient (Wildman–Crippen LogP) is 8.26. The summed E-state index contributed by atoms with van der Waals surface area (Å²) in [7, 11) is 0. The van der Waals surface area contributed by atoms with E-state index >= 15 is 0 Å². The molecule has 0 fully saturated rings. The van der Waals surface area contributed by atoms with Gasteiger partial charge in [0, 0.05) is 6.08 Å². The number of aryl methyl sites for hydroxylation is 1. The molecule has 0 N–H and O–H groups in total. The minimum absolute atomic E-state index is 0.526. The van der Waals surface area contributed by atoms with E-state index in [-0.39, 0.29) is 0 Å². The fourth-order valence-corrected chi connectivity index (χ4v) is 3.46. The van der Waals surface area contributed by atoms with Gasteiger partial charge in [0.2, 0.25) is 0 Å². The topological polar surface area (TPSA) is 0 Å². The van der Waals surface area contributed by atoms with Gasteiger partial charge in [-0.15, -0.1) is 0 Å². The first kappa shape index (κ1) is 19.3. The van der Waals surface area contributed by atoms with Crippen molar-refractivity contribution in [3.63, 3.8) is 0 Å². The van der Waals surface area contributed by atoms with E-state index in [2.05, 4.69) is 43.3 Å². The Kier molecular flexibility index (Phi) is 6.75. The van der Waals surface area contributed by atoms with E-state index in [1.165, 1.54) is 43.2 Å². The second-order valence-electron chi connectivity index (χ2n) is 7.12. The van der Waals surface area contributed by atoms with Gasteiger partial charge < -0.3 is 0 Å². The van der Waals surface area contributed by atoms with Gasteiger partial charge in [0.1, 0.15) is 0 Å². The zero-order valence-electron chi connectivity index (χ0n) is 15.8. The summed E-state index contributed by atoms with van der Waals surface area (Å²) in [6.45, 7) is 2.24. The number of hydrogen-bond donors (Lipinski definition) is 0. The van der Waals surface area contributed by atoms with Crippen LogP contribution in [0, 0.1) is 0 Å². The van der Waals surface area contributed by atoms with E-state index in [1.807, 2.05) is 12.1 Å². The van der Waals surface area contributed by atoms with Gasteiger partial charge in [0.15, 0.2) is 0 Å². The molecule has 2 heteroatoms. The first-order valence-corrected chi connectivity index (χ1v) is 9.81. The van der Waals surface area contributed by atoms with Crippen LogP contribution in [0.1, 0.15) is 50.2 Å². The van der Waals surface area contributed by atoms with Crippen LogP contribution in [-0.4, -0.2) is 0 Å². The minimum Gasteiger partial charge on any atom is -0.173 e. The van der Waals surface area contributed by atoms with Crippen molar-refractivity contribution in [2.24, 2.45) is 0 Å². The van der Waals surface area contributed by atoms with Crippen molar-refractivity contribution in [3.05, 3.63) is 77.9 Å². The Morgan fingerprint density at radius 3 is 2.15 bits per heavy atom. The summed E-state index contributed by atoms with van der Waals surface area (Å²) in [5.74, 6) is 0. The lowest BCUT2D eigenvalue weighted by Gasteiger charge is -2.07. The molecule has 3 aromatic carbocycles. The SMILES string of the molecule is CCCCCCCc1ccc(-c2ccc3cc(C=C(F)F)ccc3c2)cc1. The summed E-state index contributed by atoms with van der Waals surface area (Å²) in [4.78, 5) is 0. The van der Waals surface area contributed by atoms with Crippen molar-refractivity contribution in [3.8, 4) is 11.1 Å². The van der Waals surface area contributed by atoms with Crippen LogP contribution >= 0.6 is 0 Å². The van der Waals surface area contributed by atoms with Gasteiger partial charge in [-0.05, 0) is 58.0 Å². The van der Waals surface area contributed by atoms with Crippen molar-refractivity contribution in [1.29, 1.82) is 0 Å². The number of benzene rings is 3. The van der Waals surface area contributed by atoms with E-state index in [0.29, 0.717) is 5.56 Å². The molecule has 0 aliphatic heterocycles. The molecular weight excluding hydrogens is 338 g/mol. The molecule has 0 aliphatic rings. The fourth-order valence-electron chi connectivity index (χ4n) is 3.46. The highest BCUT2D eigenvalue weighted by molar-refractivity contribution is 5.89. The predicted molar refractivity (Wildman–Crippen MR) is 112 cm³/mol. The largest absolute Gasteiger partial charge is 0.270 e. The molecule has 3 aromatic rings. The van der Waals surface area contributed by atoms with Crippen molar-refractivity contribution >= 4 is 16.8 Å². The van der Waals surface area contributed by atoms with Crippen LogP contribution in [0.4, 0.5) is 8.78 Å². The quantitative estimate of drug-likeness (QED) is 0.353. The van der Waals surface area contributed by atoms with Crippen molar-refractivity contribution in [1.82, 2.24) is 0 Å². The highest BCUT2D eigenvalue weighted by Gasteiger charge is 2.02. The van der Waals surface area contributed by atoms with Gasteiger partial charge in [0.05, 0.1) is 0 Å². The second kappa shape index (κ2) is 9.45. The Labute approximate surface area is 160 Å². The molecule has 27 heavy (non-hydrogen) atoms. The number of fused-ring (bicyclic) bond motifs is 1. The number of halogens is 2. The van der Waals surface area contributed by atoms with Crippen LogP contribution in [0.3, 0.4) is 0 Å². The third-order valence-corrected chi connectivity index (χ3v) is 5.00. The number of hydrogen-bond acceptors (Lipinski definition) is 0. The fraction of sp³-hybridized carbons (Fsp3) is 0.280. The lowest BCUT2D eigenvalue weighted by molar-refractivity contribution is 0.429. The average Bonchev–Trinajstić information content (AvgIpc) is 2.67. The van der Waals surface area contributed by atoms with E-state index in [0.717, 1.165) is 28.8 Å². The van der Waals surface area contributed by atoms with E-state index < -0.39 is 6.08 Å². The molecule has 0 aromatic heterocycles. The molecule has 0 saturated carbocycles. The summed E-state index contributed by atoms with van der Waals surface area (Å²) in [5.41, 5.74) is 4.25. The lowest BCUT2D eigenvalue weighted by atomic mass is 9.98. The maximum Gasteiger partial charge on any atom is 0.270 e. The maximum atomic E-state index is 12.4. The third kappa shape index (κ3) is 5.50. The van der Waals surface area contributed by atoms with Crippen LogP contribution in [0.5, 0.6) is 0 Å². The maximum absolute atomic E-state index is 12.4. The standard InChI is InChI=1S/C25H26F2/c1-2-3-4-5-6-7-19-8-11-21(12-9-19)23-15-14-22-16-20(17-25(26)27)10-13-24(22)18-23/h8-18H,2-7H2,1H3. The monoisotopic (exact) mass is 364 g/mol. The summed E-state index contributed by atoms with van der Waals surface area (Å²) >= 11 is 0. The molecule has 0 heterocycles. The molecule has 0 bridgehead atoms. The zero-order chi connectivity index (χ0) is 19.1. The molecule has 0 amide bonds. The second-order valence-corrected chi connectivity index (χ2v) is 7.12. The van der Waals surface area contributed by atoms with Crippen LogP contribution in [-0.2, 0) is 6.42 Å². The Bertz CT molecular complexity index is 903. The normalized spacial score (nSPS) is 10.9. The highest BCUT2D eigenvalue weighted by atomic mass is 19.3. The first-order valence-electron chi connectivity index (χ1n) is 9.81. The summed E-state index contributed by atoms with van der Waals surface area (Å²) in [5, 5.41) is 2.03. The molecular formula is C25H26F2. The minimum atomic E-state index is -1.67. The van der Waals surface area contributed by atoms with Crippen molar-refractivity contribution < 1.29 is 8.78 Å². The summed E-state index contributed by atoms with van der Waals surface area (Å²) < 4.78 is 24.9.